The van der Waals surface area contributed by atoms with Gasteiger partial charge in [0.2, 0.25) is 11.8 Å². The Morgan fingerprint density at radius 3 is 2.30 bits per heavy atom. The number of aryl methyl sites for hydroxylation is 1. The molecule has 0 aromatic heterocycles. The van der Waals surface area contributed by atoms with E-state index in [2.05, 4.69) is 5.32 Å². The molecule has 1 atom stereocenters. The highest BCUT2D eigenvalue weighted by molar-refractivity contribution is 6.08. The van der Waals surface area contributed by atoms with Gasteiger partial charge in [0.15, 0.2) is 0 Å². The van der Waals surface area contributed by atoms with E-state index in [-0.39, 0.29) is 17.9 Å². The molecule has 2 aliphatic rings. The number of alkyl carbamates (subject to hydrolysis) is 1. The highest BCUT2D eigenvalue weighted by atomic mass is 16.6. The molecule has 0 saturated carbocycles. The van der Waals surface area contributed by atoms with Gasteiger partial charge in [-0.15, -0.1) is 0 Å². The molecule has 2 heterocycles. The fourth-order valence-corrected chi connectivity index (χ4v) is 5.33. The molecule has 198 valence electrons. The highest BCUT2D eigenvalue weighted by Gasteiger charge is 2.46. The number of carbonyl (C=O) groups is 3. The Kier molecular flexibility index (Phi) is 7.62. The lowest BCUT2D eigenvalue weighted by molar-refractivity contribution is -0.134. The van der Waals surface area contributed by atoms with Crippen molar-refractivity contribution in [2.75, 3.05) is 18.0 Å². The van der Waals surface area contributed by atoms with Gasteiger partial charge in [-0.25, -0.2) is 4.79 Å². The van der Waals surface area contributed by atoms with Crippen LogP contribution < -0.4 is 10.2 Å². The molecule has 7 nitrogen and oxygen atoms in total. The monoisotopic (exact) mass is 505 g/mol. The van der Waals surface area contributed by atoms with Crippen LogP contribution in [0.2, 0.25) is 0 Å². The minimum atomic E-state index is -0.681. The van der Waals surface area contributed by atoms with E-state index in [1.165, 1.54) is 0 Å². The Bertz CT molecular complexity index is 1130. The molecule has 2 aromatic rings. The quantitative estimate of drug-likeness (QED) is 0.610. The first kappa shape index (κ1) is 26.7. The number of rotatable bonds is 6. The van der Waals surface area contributed by atoms with Crippen LogP contribution in [-0.2, 0) is 26.2 Å². The van der Waals surface area contributed by atoms with Crippen molar-refractivity contribution in [3.8, 4) is 0 Å². The number of piperidine rings is 1. The number of para-hydroxylation sites is 1. The average molecular weight is 506 g/mol. The topological polar surface area (TPSA) is 79.0 Å². The van der Waals surface area contributed by atoms with Gasteiger partial charge in [-0.05, 0) is 77.5 Å². The van der Waals surface area contributed by atoms with Gasteiger partial charge in [0.05, 0.1) is 5.41 Å². The van der Waals surface area contributed by atoms with Crippen molar-refractivity contribution in [2.24, 2.45) is 0 Å². The van der Waals surface area contributed by atoms with Crippen LogP contribution in [0.15, 0.2) is 54.6 Å². The van der Waals surface area contributed by atoms with Gasteiger partial charge in [0.1, 0.15) is 11.6 Å². The van der Waals surface area contributed by atoms with Crippen molar-refractivity contribution in [3.63, 3.8) is 0 Å². The summed E-state index contributed by atoms with van der Waals surface area (Å²) in [6.45, 7) is 10.4. The predicted molar refractivity (Wildman–Crippen MR) is 144 cm³/mol. The average Bonchev–Trinajstić information content (AvgIpc) is 3.06. The number of carbonyl (C=O) groups excluding carboxylic acids is 3. The van der Waals surface area contributed by atoms with Crippen LogP contribution in [0.5, 0.6) is 0 Å². The third-order valence-corrected chi connectivity index (χ3v) is 7.29. The van der Waals surface area contributed by atoms with E-state index in [4.69, 9.17) is 4.74 Å². The lowest BCUT2D eigenvalue weighted by Gasteiger charge is -2.38. The second kappa shape index (κ2) is 10.6. The minimum absolute atomic E-state index is 0.0426. The van der Waals surface area contributed by atoms with Crippen LogP contribution in [0.3, 0.4) is 0 Å². The van der Waals surface area contributed by atoms with Crippen LogP contribution in [0.4, 0.5) is 10.5 Å². The van der Waals surface area contributed by atoms with Gasteiger partial charge in [-0.2, -0.15) is 0 Å². The largest absolute Gasteiger partial charge is 0.444 e. The normalized spacial score (nSPS) is 18.4. The predicted octanol–water partition coefficient (Wildman–Crippen LogP) is 4.83. The second-order valence-corrected chi connectivity index (χ2v) is 11.6. The van der Waals surface area contributed by atoms with E-state index < -0.39 is 23.2 Å². The molecule has 0 spiro atoms. The van der Waals surface area contributed by atoms with Crippen LogP contribution >= 0.6 is 0 Å². The standard InChI is InChI=1S/C30H39N3O4/c1-29(2,3)37-28(36)31-24(16-15-21-11-7-6-8-12-21)26(34)32-19-17-22(18-20-32)33-25-14-10-9-13-23(25)30(4,5)27(33)35/h6-14,22,24H,15-20H2,1-5H3,(H,31,36). The summed E-state index contributed by atoms with van der Waals surface area (Å²) in [5.41, 5.74) is 1.94. The summed E-state index contributed by atoms with van der Waals surface area (Å²) in [6.07, 6.45) is 1.95. The zero-order chi connectivity index (χ0) is 26.8. The van der Waals surface area contributed by atoms with Crippen LogP contribution in [0.1, 0.15) is 65.0 Å². The molecule has 0 bridgehead atoms. The molecule has 1 unspecified atom stereocenters. The Balaban J connectivity index is 1.43. The number of fused-ring (bicyclic) bond motifs is 1. The van der Waals surface area contributed by atoms with Crippen molar-refractivity contribution in [3.05, 3.63) is 65.7 Å². The van der Waals surface area contributed by atoms with Gasteiger partial charge in [0, 0.05) is 24.8 Å². The van der Waals surface area contributed by atoms with Crippen molar-refractivity contribution < 1.29 is 19.1 Å². The maximum Gasteiger partial charge on any atom is 0.408 e. The first-order valence-electron chi connectivity index (χ1n) is 13.2. The summed E-state index contributed by atoms with van der Waals surface area (Å²) in [4.78, 5) is 43.3. The van der Waals surface area contributed by atoms with Crippen LogP contribution in [-0.4, -0.2) is 53.6 Å². The first-order chi connectivity index (χ1) is 17.5. The molecule has 2 aliphatic heterocycles. The fraction of sp³-hybridized carbons (Fsp3) is 0.500. The number of anilines is 1. The minimum Gasteiger partial charge on any atom is -0.444 e. The molecule has 4 rings (SSSR count). The number of nitrogens with one attached hydrogen (secondary N) is 1. The van der Waals surface area contributed by atoms with Crippen molar-refractivity contribution >= 4 is 23.6 Å². The van der Waals surface area contributed by atoms with Gasteiger partial charge in [-0.3, -0.25) is 9.59 Å². The summed E-state index contributed by atoms with van der Waals surface area (Å²) in [5, 5.41) is 2.82. The molecule has 1 fully saturated rings. The summed E-state index contributed by atoms with van der Waals surface area (Å²) in [7, 11) is 0. The zero-order valence-corrected chi connectivity index (χ0v) is 22.6. The maximum absolute atomic E-state index is 13.6. The van der Waals surface area contributed by atoms with Crippen LogP contribution in [0.25, 0.3) is 0 Å². The molecule has 1 N–H and O–H groups in total. The smallest absolute Gasteiger partial charge is 0.408 e. The lowest BCUT2D eigenvalue weighted by atomic mass is 9.86. The van der Waals surface area contributed by atoms with Crippen molar-refractivity contribution in [1.82, 2.24) is 10.2 Å². The molecule has 2 aromatic carbocycles. The molecule has 7 heteroatoms. The molecule has 1 saturated heterocycles. The Hall–Kier alpha value is -3.35. The van der Waals surface area contributed by atoms with E-state index in [1.807, 2.05) is 78.2 Å². The Labute approximate surface area is 220 Å². The van der Waals surface area contributed by atoms with E-state index in [0.717, 1.165) is 16.8 Å². The molecular formula is C30H39N3O4. The van der Waals surface area contributed by atoms with Gasteiger partial charge < -0.3 is 19.9 Å². The number of ether oxygens (including phenoxy) is 1. The van der Waals surface area contributed by atoms with Crippen molar-refractivity contribution in [2.45, 2.75) is 83.4 Å². The Morgan fingerprint density at radius 1 is 1.03 bits per heavy atom. The lowest BCUT2D eigenvalue weighted by Crippen LogP contribution is -2.54. The first-order valence-corrected chi connectivity index (χ1v) is 13.2. The molecule has 37 heavy (non-hydrogen) atoms. The summed E-state index contributed by atoms with van der Waals surface area (Å²) in [6, 6.07) is 17.3. The summed E-state index contributed by atoms with van der Waals surface area (Å²) >= 11 is 0. The number of hydrogen-bond donors (Lipinski definition) is 1. The number of hydrogen-bond acceptors (Lipinski definition) is 4. The summed E-state index contributed by atoms with van der Waals surface area (Å²) < 4.78 is 5.44. The maximum atomic E-state index is 13.6. The number of nitrogens with zero attached hydrogens (tertiary/aromatic N) is 2. The molecule has 3 amide bonds. The highest BCUT2D eigenvalue weighted by Crippen LogP contribution is 2.43. The second-order valence-electron chi connectivity index (χ2n) is 11.6. The van der Waals surface area contributed by atoms with Crippen molar-refractivity contribution in [1.29, 1.82) is 0 Å². The van der Waals surface area contributed by atoms with E-state index in [1.54, 1.807) is 20.8 Å². The number of likely N-dealkylation sites (tertiary alicyclic amines) is 1. The molecular weight excluding hydrogens is 466 g/mol. The van der Waals surface area contributed by atoms with Gasteiger partial charge >= 0.3 is 6.09 Å². The third kappa shape index (κ3) is 5.97. The molecule has 0 radical (unpaired) electrons. The molecule has 0 aliphatic carbocycles. The number of benzene rings is 2. The van der Waals surface area contributed by atoms with Gasteiger partial charge in [0.25, 0.3) is 0 Å². The van der Waals surface area contributed by atoms with Crippen LogP contribution in [0, 0.1) is 0 Å². The van der Waals surface area contributed by atoms with E-state index >= 15 is 0 Å². The SMILES string of the molecule is CC(C)(C)OC(=O)NC(CCc1ccccc1)C(=O)N1CCC(N2C(=O)C(C)(C)c3ccccc32)CC1. The summed E-state index contributed by atoms with van der Waals surface area (Å²) in [5.74, 6) is 0.0134. The zero-order valence-electron chi connectivity index (χ0n) is 22.6. The fourth-order valence-electron chi connectivity index (χ4n) is 5.33. The van der Waals surface area contributed by atoms with Gasteiger partial charge in [-0.1, -0.05) is 48.5 Å². The van der Waals surface area contributed by atoms with E-state index in [9.17, 15) is 14.4 Å². The Morgan fingerprint density at radius 2 is 1.65 bits per heavy atom. The van der Waals surface area contributed by atoms with E-state index in [0.29, 0.717) is 38.8 Å². The number of amides is 3. The third-order valence-electron chi connectivity index (χ3n) is 7.29.